The largest absolute Gasteiger partial charge is 0.330 e. The smallest absolute Gasteiger partial charge is 0.248 e. The van der Waals surface area contributed by atoms with E-state index < -0.39 is 17.2 Å². The maximum Gasteiger partial charge on any atom is 0.248 e. The molecule has 1 aliphatic rings. The Kier molecular flexibility index (Phi) is 3.12. The van der Waals surface area contributed by atoms with Crippen LogP contribution >= 0.6 is 0 Å². The summed E-state index contributed by atoms with van der Waals surface area (Å²) in [5.41, 5.74) is 5.60. The van der Waals surface area contributed by atoms with Crippen molar-refractivity contribution in [3.05, 3.63) is 29.8 Å². The number of alkyl halides is 2. The van der Waals surface area contributed by atoms with Crippen LogP contribution in [0.5, 0.6) is 0 Å². The van der Waals surface area contributed by atoms with Crippen molar-refractivity contribution in [1.29, 1.82) is 0 Å². The molecule has 1 saturated carbocycles. The van der Waals surface area contributed by atoms with Gasteiger partial charge in [-0.3, -0.25) is 4.98 Å². The predicted molar refractivity (Wildman–Crippen MR) is 58.3 cm³/mol. The van der Waals surface area contributed by atoms with Crippen molar-refractivity contribution in [1.82, 2.24) is 4.98 Å². The number of rotatable bonds is 2. The summed E-state index contributed by atoms with van der Waals surface area (Å²) in [7, 11) is 0. The van der Waals surface area contributed by atoms with Crippen LogP contribution in [0.15, 0.2) is 18.3 Å². The number of nitrogens with zero attached hydrogens (tertiary/aromatic N) is 1. The van der Waals surface area contributed by atoms with Gasteiger partial charge in [-0.25, -0.2) is 13.2 Å². The van der Waals surface area contributed by atoms with Crippen molar-refractivity contribution in [2.45, 2.75) is 37.0 Å². The summed E-state index contributed by atoms with van der Waals surface area (Å²) >= 11 is 0. The van der Waals surface area contributed by atoms with Gasteiger partial charge in [-0.2, -0.15) is 0 Å². The van der Waals surface area contributed by atoms with E-state index in [0.29, 0.717) is 5.69 Å². The molecule has 94 valence electrons. The lowest BCUT2D eigenvalue weighted by Crippen LogP contribution is -2.42. The Morgan fingerprint density at radius 2 is 1.88 bits per heavy atom. The minimum Gasteiger partial charge on any atom is -0.330 e. The molecule has 0 atom stereocenters. The van der Waals surface area contributed by atoms with Crippen LogP contribution in [0, 0.1) is 5.82 Å². The molecule has 1 aromatic heterocycles. The Morgan fingerprint density at radius 3 is 2.41 bits per heavy atom. The zero-order valence-corrected chi connectivity index (χ0v) is 9.43. The van der Waals surface area contributed by atoms with E-state index in [9.17, 15) is 13.2 Å². The Hall–Kier alpha value is -1.10. The van der Waals surface area contributed by atoms with Crippen LogP contribution in [-0.4, -0.2) is 17.5 Å². The van der Waals surface area contributed by atoms with Crippen LogP contribution in [0.2, 0.25) is 0 Å². The molecule has 0 radical (unpaired) electrons. The molecule has 1 fully saturated rings. The normalized spacial score (nSPS) is 22.4. The maximum absolute atomic E-state index is 13.2. The minimum atomic E-state index is -2.62. The van der Waals surface area contributed by atoms with Crippen LogP contribution in [0.1, 0.15) is 31.4 Å². The number of hydrogen-bond acceptors (Lipinski definition) is 2. The monoisotopic (exact) mass is 244 g/mol. The Balaban J connectivity index is 2.27. The SMILES string of the molecule is NCC1(c2cc(F)ccn2)CCC(F)(F)CC1. The van der Waals surface area contributed by atoms with E-state index >= 15 is 0 Å². The third-order valence-corrected chi connectivity index (χ3v) is 3.59. The fraction of sp³-hybridized carbons (Fsp3) is 0.583. The Bertz CT molecular complexity index is 396. The predicted octanol–water partition coefficient (Wildman–Crippen LogP) is 2.63. The highest BCUT2D eigenvalue weighted by Crippen LogP contribution is 2.44. The van der Waals surface area contributed by atoms with Crippen LogP contribution < -0.4 is 5.73 Å². The summed E-state index contributed by atoms with van der Waals surface area (Å²) in [6, 6.07) is 2.54. The van der Waals surface area contributed by atoms with Crippen molar-refractivity contribution in [3.8, 4) is 0 Å². The second-order valence-electron chi connectivity index (χ2n) is 4.70. The molecule has 1 aliphatic carbocycles. The number of nitrogens with two attached hydrogens (primary N) is 1. The van der Waals surface area contributed by atoms with Crippen molar-refractivity contribution in [2.75, 3.05) is 6.54 Å². The van der Waals surface area contributed by atoms with Crippen LogP contribution in [0.25, 0.3) is 0 Å². The minimum absolute atomic E-state index is 0.206. The van der Waals surface area contributed by atoms with Crippen molar-refractivity contribution < 1.29 is 13.2 Å². The van der Waals surface area contributed by atoms with Gasteiger partial charge < -0.3 is 5.73 Å². The van der Waals surface area contributed by atoms with Gasteiger partial charge in [0.1, 0.15) is 5.82 Å². The van der Waals surface area contributed by atoms with Gasteiger partial charge in [0.05, 0.1) is 5.69 Å². The van der Waals surface area contributed by atoms with E-state index in [-0.39, 0.29) is 32.2 Å². The summed E-state index contributed by atoms with van der Waals surface area (Å²) in [6.45, 7) is 0.222. The van der Waals surface area contributed by atoms with Crippen molar-refractivity contribution in [2.24, 2.45) is 5.73 Å². The molecule has 1 heterocycles. The molecule has 2 rings (SSSR count). The summed E-state index contributed by atoms with van der Waals surface area (Å²) in [6.07, 6.45) is 1.46. The summed E-state index contributed by atoms with van der Waals surface area (Å²) in [5.74, 6) is -3.02. The van der Waals surface area contributed by atoms with Gasteiger partial charge >= 0.3 is 0 Å². The summed E-state index contributed by atoms with van der Waals surface area (Å²) in [4.78, 5) is 4.09. The highest BCUT2D eigenvalue weighted by atomic mass is 19.3. The first kappa shape index (κ1) is 12.4. The second kappa shape index (κ2) is 4.29. The van der Waals surface area contributed by atoms with Crippen LogP contribution in [0.3, 0.4) is 0 Å². The number of halogens is 3. The average Bonchev–Trinajstić information content (AvgIpc) is 2.30. The lowest BCUT2D eigenvalue weighted by Gasteiger charge is -2.38. The van der Waals surface area contributed by atoms with E-state index in [0.717, 1.165) is 0 Å². The lowest BCUT2D eigenvalue weighted by molar-refractivity contribution is -0.0514. The molecule has 0 aliphatic heterocycles. The molecular formula is C12H15F3N2. The van der Waals surface area contributed by atoms with E-state index in [2.05, 4.69) is 4.98 Å². The second-order valence-corrected chi connectivity index (χ2v) is 4.70. The van der Waals surface area contributed by atoms with Gasteiger partial charge in [-0.05, 0) is 25.0 Å². The van der Waals surface area contributed by atoms with E-state index in [4.69, 9.17) is 5.73 Å². The molecular weight excluding hydrogens is 229 g/mol. The van der Waals surface area contributed by atoms with Gasteiger partial charge in [-0.1, -0.05) is 0 Å². The highest BCUT2D eigenvalue weighted by Gasteiger charge is 2.44. The fourth-order valence-corrected chi connectivity index (χ4v) is 2.35. The number of pyridine rings is 1. The molecule has 0 aromatic carbocycles. The third kappa shape index (κ3) is 2.44. The molecule has 2 nitrogen and oxygen atoms in total. The Labute approximate surface area is 98.0 Å². The standard InChI is InChI=1S/C12H15F3N2/c13-9-1-6-17-10(7-9)11(8-16)2-4-12(14,15)5-3-11/h1,6-7H,2-5,8,16H2. The Morgan fingerprint density at radius 1 is 1.24 bits per heavy atom. The van der Waals surface area contributed by atoms with Crippen molar-refractivity contribution in [3.63, 3.8) is 0 Å². The fourth-order valence-electron chi connectivity index (χ4n) is 2.35. The lowest BCUT2D eigenvalue weighted by atomic mass is 9.70. The zero-order valence-electron chi connectivity index (χ0n) is 9.43. The highest BCUT2D eigenvalue weighted by molar-refractivity contribution is 5.20. The van der Waals surface area contributed by atoms with E-state index in [1.807, 2.05) is 0 Å². The first-order valence-corrected chi connectivity index (χ1v) is 5.67. The molecule has 0 bridgehead atoms. The van der Waals surface area contributed by atoms with Gasteiger partial charge in [0.15, 0.2) is 0 Å². The molecule has 5 heteroatoms. The molecule has 1 aromatic rings. The third-order valence-electron chi connectivity index (χ3n) is 3.59. The number of aromatic nitrogens is 1. The van der Waals surface area contributed by atoms with Crippen molar-refractivity contribution >= 4 is 0 Å². The zero-order chi connectivity index (χ0) is 12.5. The van der Waals surface area contributed by atoms with Crippen LogP contribution in [0.4, 0.5) is 13.2 Å². The maximum atomic E-state index is 13.2. The van der Waals surface area contributed by atoms with Gasteiger partial charge in [0.25, 0.3) is 0 Å². The van der Waals surface area contributed by atoms with E-state index in [1.165, 1.54) is 18.3 Å². The van der Waals surface area contributed by atoms with E-state index in [1.54, 1.807) is 0 Å². The summed E-state index contributed by atoms with van der Waals surface area (Å²) < 4.78 is 39.4. The van der Waals surface area contributed by atoms with Gasteiger partial charge in [0, 0.05) is 31.0 Å². The first-order valence-electron chi connectivity index (χ1n) is 5.67. The first-order chi connectivity index (χ1) is 7.97. The molecule has 0 saturated heterocycles. The average molecular weight is 244 g/mol. The quantitative estimate of drug-likeness (QED) is 0.868. The molecule has 2 N–H and O–H groups in total. The molecule has 0 spiro atoms. The molecule has 0 amide bonds. The van der Waals surface area contributed by atoms with Gasteiger partial charge in [0.2, 0.25) is 5.92 Å². The summed E-state index contributed by atoms with van der Waals surface area (Å²) in [5, 5.41) is 0. The molecule has 17 heavy (non-hydrogen) atoms. The van der Waals surface area contributed by atoms with Crippen LogP contribution in [-0.2, 0) is 5.41 Å². The molecule has 0 unspecified atom stereocenters. The number of hydrogen-bond donors (Lipinski definition) is 1. The van der Waals surface area contributed by atoms with Gasteiger partial charge in [-0.15, -0.1) is 0 Å². The topological polar surface area (TPSA) is 38.9 Å².